The first-order chi connectivity index (χ1) is 15.5. The van der Waals surface area contributed by atoms with Crippen LogP contribution in [0.3, 0.4) is 0 Å². The zero-order valence-corrected chi connectivity index (χ0v) is 18.9. The molecule has 0 saturated carbocycles. The van der Waals surface area contributed by atoms with Crippen LogP contribution in [0.15, 0.2) is 48.5 Å². The van der Waals surface area contributed by atoms with Crippen LogP contribution in [-0.2, 0) is 13.1 Å². The Morgan fingerprint density at radius 3 is 2.59 bits per heavy atom. The lowest BCUT2D eigenvalue weighted by atomic mass is 10.1. The van der Waals surface area contributed by atoms with E-state index in [0.29, 0.717) is 17.9 Å². The van der Waals surface area contributed by atoms with Crippen LogP contribution in [0.1, 0.15) is 27.3 Å². The number of rotatable bonds is 7. The number of aromatic nitrogens is 3. The van der Waals surface area contributed by atoms with Crippen molar-refractivity contribution in [1.29, 1.82) is 0 Å². The van der Waals surface area contributed by atoms with Gasteiger partial charge in [0.2, 0.25) is 0 Å². The summed E-state index contributed by atoms with van der Waals surface area (Å²) in [6.07, 6.45) is 0. The molecule has 1 aliphatic heterocycles. The van der Waals surface area contributed by atoms with Crippen molar-refractivity contribution in [2.45, 2.75) is 20.0 Å². The van der Waals surface area contributed by atoms with Gasteiger partial charge in [0, 0.05) is 45.3 Å². The minimum atomic E-state index is -0.235. The summed E-state index contributed by atoms with van der Waals surface area (Å²) < 4.78 is 6.92. The van der Waals surface area contributed by atoms with Crippen LogP contribution in [0.25, 0.3) is 5.69 Å². The normalized spacial score (nSPS) is 15.0. The summed E-state index contributed by atoms with van der Waals surface area (Å²) in [6, 6.07) is 15.9. The maximum Gasteiger partial charge on any atom is 0.274 e. The summed E-state index contributed by atoms with van der Waals surface area (Å²) in [5.74, 6) is 0.487. The Bertz CT molecular complexity index is 1070. The summed E-state index contributed by atoms with van der Waals surface area (Å²) in [7, 11) is 3.78. The van der Waals surface area contributed by atoms with Crippen molar-refractivity contribution in [1.82, 2.24) is 30.1 Å². The van der Waals surface area contributed by atoms with Gasteiger partial charge < -0.3 is 15.0 Å². The lowest BCUT2D eigenvalue weighted by molar-refractivity contribution is 0.0945. The van der Waals surface area contributed by atoms with Gasteiger partial charge in [0.1, 0.15) is 5.75 Å². The molecule has 1 saturated heterocycles. The van der Waals surface area contributed by atoms with Crippen LogP contribution in [0.4, 0.5) is 0 Å². The molecule has 1 aliphatic rings. The molecule has 1 aromatic heterocycles. The molecule has 0 bridgehead atoms. The molecular formula is C24H30N6O2. The summed E-state index contributed by atoms with van der Waals surface area (Å²) in [5, 5.41) is 11.3. The number of carbonyl (C=O) groups is 1. The predicted octanol–water partition coefficient (Wildman–Crippen LogP) is 2.26. The van der Waals surface area contributed by atoms with E-state index in [1.54, 1.807) is 11.8 Å². The first-order valence-electron chi connectivity index (χ1n) is 10.9. The number of carbonyl (C=O) groups excluding carboxylic acids is 1. The van der Waals surface area contributed by atoms with Crippen LogP contribution in [0.2, 0.25) is 0 Å². The number of nitrogens with zero attached hydrogens (tertiary/aromatic N) is 5. The third-order valence-corrected chi connectivity index (χ3v) is 5.85. The van der Waals surface area contributed by atoms with Gasteiger partial charge in [-0.15, -0.1) is 5.10 Å². The molecule has 0 radical (unpaired) electrons. The van der Waals surface area contributed by atoms with Crippen molar-refractivity contribution in [3.05, 3.63) is 71.0 Å². The number of piperazine rings is 1. The highest BCUT2D eigenvalue weighted by atomic mass is 16.5. The van der Waals surface area contributed by atoms with E-state index in [1.165, 1.54) is 5.56 Å². The summed E-state index contributed by atoms with van der Waals surface area (Å²) in [5.41, 5.74) is 4.13. The lowest BCUT2D eigenvalue weighted by Crippen LogP contribution is -2.43. The van der Waals surface area contributed by atoms with Crippen LogP contribution in [0.5, 0.6) is 5.75 Å². The maximum absolute atomic E-state index is 12.8. The van der Waals surface area contributed by atoms with Gasteiger partial charge in [0.05, 0.1) is 18.5 Å². The highest BCUT2D eigenvalue weighted by Gasteiger charge is 2.18. The number of likely N-dealkylation sites (N-methyl/N-ethyl adjacent to an activating group) is 1. The van der Waals surface area contributed by atoms with Crippen LogP contribution in [-0.4, -0.2) is 71.0 Å². The molecule has 1 amide bonds. The second kappa shape index (κ2) is 9.93. The van der Waals surface area contributed by atoms with Gasteiger partial charge >= 0.3 is 0 Å². The Hall–Kier alpha value is -3.23. The van der Waals surface area contributed by atoms with Crippen molar-refractivity contribution in [3.63, 3.8) is 0 Å². The quantitative estimate of drug-likeness (QED) is 0.615. The zero-order chi connectivity index (χ0) is 22.5. The summed E-state index contributed by atoms with van der Waals surface area (Å²) in [6.45, 7) is 7.59. The fraction of sp³-hybridized carbons (Fsp3) is 0.375. The van der Waals surface area contributed by atoms with Gasteiger partial charge in [0.25, 0.3) is 5.91 Å². The van der Waals surface area contributed by atoms with Crippen molar-refractivity contribution < 1.29 is 9.53 Å². The third kappa shape index (κ3) is 5.15. The molecule has 4 rings (SSSR count). The Balaban J connectivity index is 1.38. The monoisotopic (exact) mass is 434 g/mol. The summed E-state index contributed by atoms with van der Waals surface area (Å²) >= 11 is 0. The molecule has 32 heavy (non-hydrogen) atoms. The van der Waals surface area contributed by atoms with Crippen molar-refractivity contribution in [2.24, 2.45) is 0 Å². The highest BCUT2D eigenvalue weighted by molar-refractivity contribution is 5.93. The molecule has 2 aromatic carbocycles. The average Bonchev–Trinajstić information content (AvgIpc) is 3.20. The SMILES string of the molecule is COc1cccc(-n2nnc(C(=O)NCc3cccc(CN4CCN(C)CC4)c3)c2C)c1. The van der Waals surface area contributed by atoms with E-state index in [2.05, 4.69) is 50.7 Å². The number of hydrogen-bond acceptors (Lipinski definition) is 6. The lowest BCUT2D eigenvalue weighted by Gasteiger charge is -2.32. The molecule has 8 nitrogen and oxygen atoms in total. The Morgan fingerprint density at radius 2 is 1.81 bits per heavy atom. The molecule has 8 heteroatoms. The fourth-order valence-electron chi connectivity index (χ4n) is 3.89. The fourth-order valence-corrected chi connectivity index (χ4v) is 3.89. The first-order valence-corrected chi connectivity index (χ1v) is 10.9. The molecule has 1 N–H and O–H groups in total. The van der Waals surface area contributed by atoms with Crippen molar-refractivity contribution in [2.75, 3.05) is 40.3 Å². The van der Waals surface area contributed by atoms with Gasteiger partial charge in [-0.05, 0) is 37.2 Å². The second-order valence-electron chi connectivity index (χ2n) is 8.22. The van der Waals surface area contributed by atoms with Crippen LogP contribution >= 0.6 is 0 Å². The number of benzene rings is 2. The molecule has 0 aliphatic carbocycles. The topological polar surface area (TPSA) is 75.5 Å². The molecule has 3 aromatic rings. The van der Waals surface area contributed by atoms with Gasteiger partial charge in [-0.3, -0.25) is 9.69 Å². The second-order valence-corrected chi connectivity index (χ2v) is 8.22. The minimum absolute atomic E-state index is 0.235. The maximum atomic E-state index is 12.8. The van der Waals surface area contributed by atoms with Gasteiger partial charge in [-0.25, -0.2) is 4.68 Å². The van der Waals surface area contributed by atoms with Crippen LogP contribution in [0, 0.1) is 6.92 Å². The van der Waals surface area contributed by atoms with E-state index >= 15 is 0 Å². The van der Waals surface area contributed by atoms with E-state index in [9.17, 15) is 4.79 Å². The Labute approximate surface area is 188 Å². The number of methoxy groups -OCH3 is 1. The van der Waals surface area contributed by atoms with Crippen molar-refractivity contribution in [3.8, 4) is 11.4 Å². The number of hydrogen-bond donors (Lipinski definition) is 1. The van der Waals surface area contributed by atoms with Gasteiger partial charge in [0.15, 0.2) is 5.69 Å². The van der Waals surface area contributed by atoms with Gasteiger partial charge in [-0.2, -0.15) is 0 Å². The number of ether oxygens (including phenoxy) is 1. The van der Waals surface area contributed by atoms with E-state index in [4.69, 9.17) is 4.74 Å². The number of amides is 1. The molecule has 168 valence electrons. The standard InChI is InChI=1S/C24H30N6O2/c1-18-23(26-27-30(18)21-8-5-9-22(15-21)32-3)24(31)25-16-19-6-4-7-20(14-19)17-29-12-10-28(2)11-13-29/h4-9,14-15H,10-13,16-17H2,1-3H3,(H,25,31). The highest BCUT2D eigenvalue weighted by Crippen LogP contribution is 2.18. The Kier molecular flexibility index (Phi) is 6.82. The van der Waals surface area contributed by atoms with Gasteiger partial charge in [-0.1, -0.05) is 35.5 Å². The van der Waals surface area contributed by atoms with Crippen LogP contribution < -0.4 is 10.1 Å². The molecule has 1 fully saturated rings. The van der Waals surface area contributed by atoms with E-state index in [-0.39, 0.29) is 5.91 Å². The first kappa shape index (κ1) is 22.0. The van der Waals surface area contributed by atoms with Crippen molar-refractivity contribution >= 4 is 5.91 Å². The smallest absolute Gasteiger partial charge is 0.274 e. The molecule has 2 heterocycles. The zero-order valence-electron chi connectivity index (χ0n) is 18.9. The molecule has 0 spiro atoms. The average molecular weight is 435 g/mol. The Morgan fingerprint density at radius 1 is 1.06 bits per heavy atom. The largest absolute Gasteiger partial charge is 0.497 e. The minimum Gasteiger partial charge on any atom is -0.497 e. The summed E-state index contributed by atoms with van der Waals surface area (Å²) in [4.78, 5) is 17.6. The predicted molar refractivity (Wildman–Crippen MR) is 123 cm³/mol. The molecular weight excluding hydrogens is 404 g/mol. The van der Waals surface area contributed by atoms with E-state index in [0.717, 1.165) is 49.7 Å². The molecule has 0 atom stereocenters. The van der Waals surface area contributed by atoms with E-state index < -0.39 is 0 Å². The van der Waals surface area contributed by atoms with E-state index in [1.807, 2.05) is 37.3 Å². The third-order valence-electron chi connectivity index (χ3n) is 5.85. The molecule has 0 unspecified atom stereocenters. The number of nitrogens with one attached hydrogen (secondary N) is 1.